The van der Waals surface area contributed by atoms with Crippen molar-refractivity contribution in [2.75, 3.05) is 14.2 Å². The number of rotatable bonds is 8. The minimum absolute atomic E-state index is 0.256. The summed E-state index contributed by atoms with van der Waals surface area (Å²) in [4.78, 5) is 28.5. The second-order valence-corrected chi connectivity index (χ2v) is 7.47. The molecule has 0 saturated carbocycles. The Bertz CT molecular complexity index is 1030. The molecule has 3 rings (SSSR count). The van der Waals surface area contributed by atoms with Gasteiger partial charge in [0.1, 0.15) is 5.75 Å². The topological polar surface area (TPSA) is 106 Å². The average Bonchev–Trinajstić information content (AvgIpc) is 3.11. The first-order valence-corrected chi connectivity index (χ1v) is 10.3. The summed E-state index contributed by atoms with van der Waals surface area (Å²) >= 11 is 1.22. The van der Waals surface area contributed by atoms with Crippen molar-refractivity contribution < 1.29 is 28.9 Å². The molecule has 0 spiro atoms. The average molecular weight is 442 g/mol. The van der Waals surface area contributed by atoms with Gasteiger partial charge in [-0.25, -0.2) is 9.79 Å². The second-order valence-electron chi connectivity index (χ2n) is 6.44. The molecule has 1 aliphatic heterocycles. The molecule has 1 heterocycles. The van der Waals surface area contributed by atoms with Crippen LogP contribution in [0.25, 0.3) is 6.08 Å². The number of benzene rings is 2. The lowest BCUT2D eigenvalue weighted by Crippen LogP contribution is -2.26. The van der Waals surface area contributed by atoms with Crippen LogP contribution >= 0.6 is 11.8 Å². The summed E-state index contributed by atoms with van der Waals surface area (Å²) in [5.74, 6) is 0.128. The van der Waals surface area contributed by atoms with E-state index < -0.39 is 12.1 Å². The van der Waals surface area contributed by atoms with Gasteiger partial charge >= 0.3 is 5.97 Å². The number of aliphatic carboxylic acids is 1. The Morgan fingerprint density at radius 3 is 2.52 bits per heavy atom. The zero-order valence-corrected chi connectivity index (χ0v) is 18.1. The fourth-order valence-electron chi connectivity index (χ4n) is 2.74. The largest absolute Gasteiger partial charge is 0.497 e. The highest BCUT2D eigenvalue weighted by atomic mass is 32.2. The molecular formula is C22H22N2O6S. The van der Waals surface area contributed by atoms with Gasteiger partial charge < -0.3 is 24.6 Å². The number of nitrogens with one attached hydrogen (secondary N) is 1. The number of carboxylic acids is 1. The van der Waals surface area contributed by atoms with Gasteiger partial charge in [-0.2, -0.15) is 0 Å². The normalized spacial score (nSPS) is 16.8. The molecule has 2 aromatic carbocycles. The molecule has 1 atom stereocenters. The zero-order chi connectivity index (χ0) is 22.4. The summed E-state index contributed by atoms with van der Waals surface area (Å²) in [6, 6.07) is 12.2. The van der Waals surface area contributed by atoms with E-state index in [0.29, 0.717) is 39.2 Å². The maximum absolute atomic E-state index is 12.3. The second kappa shape index (κ2) is 10.0. The Labute approximate surface area is 183 Å². The lowest BCUT2D eigenvalue weighted by Gasteiger charge is -2.16. The quantitative estimate of drug-likeness (QED) is 0.598. The lowest BCUT2D eigenvalue weighted by molar-refractivity contribution is -0.145. The van der Waals surface area contributed by atoms with Gasteiger partial charge in [-0.05, 0) is 66.2 Å². The molecule has 0 aromatic heterocycles. The summed E-state index contributed by atoms with van der Waals surface area (Å²) in [6.45, 7) is 1.73. The molecule has 8 nitrogen and oxygen atoms in total. The highest BCUT2D eigenvalue weighted by Gasteiger charge is 2.24. The SMILES string of the molecule is CCC(Oc1ccc(/C=C2/SC(=Nc3ccc(OC)cc3)NC2=O)cc1OC)C(=O)O. The van der Waals surface area contributed by atoms with Crippen LogP contribution in [0.3, 0.4) is 0 Å². The van der Waals surface area contributed by atoms with Gasteiger partial charge in [-0.3, -0.25) is 4.79 Å². The van der Waals surface area contributed by atoms with Gasteiger partial charge in [0.05, 0.1) is 24.8 Å². The number of nitrogens with zero attached hydrogens (tertiary/aromatic N) is 1. The molecule has 1 unspecified atom stereocenters. The number of carbonyl (C=O) groups is 2. The number of amidine groups is 1. The third-order valence-corrected chi connectivity index (χ3v) is 5.26. The first-order chi connectivity index (χ1) is 14.9. The van der Waals surface area contributed by atoms with E-state index in [1.807, 2.05) is 0 Å². The Morgan fingerprint density at radius 2 is 1.90 bits per heavy atom. The van der Waals surface area contributed by atoms with E-state index >= 15 is 0 Å². The lowest BCUT2D eigenvalue weighted by atomic mass is 10.1. The highest BCUT2D eigenvalue weighted by Crippen LogP contribution is 2.33. The molecule has 2 aromatic rings. The van der Waals surface area contributed by atoms with Crippen LogP contribution in [0.4, 0.5) is 5.69 Å². The van der Waals surface area contributed by atoms with Gasteiger partial charge in [-0.15, -0.1) is 0 Å². The van der Waals surface area contributed by atoms with Gasteiger partial charge in [0.25, 0.3) is 5.91 Å². The van der Waals surface area contributed by atoms with Crippen LogP contribution in [-0.2, 0) is 9.59 Å². The number of carbonyl (C=O) groups excluding carboxylic acids is 1. The molecule has 9 heteroatoms. The first kappa shape index (κ1) is 22.2. The van der Waals surface area contributed by atoms with Crippen molar-refractivity contribution >= 4 is 40.6 Å². The Morgan fingerprint density at radius 1 is 1.16 bits per heavy atom. The van der Waals surface area contributed by atoms with Gasteiger partial charge in [0.15, 0.2) is 22.8 Å². The van der Waals surface area contributed by atoms with Crippen LogP contribution in [-0.4, -0.2) is 42.5 Å². The Kier molecular flexibility index (Phi) is 7.19. The number of amides is 1. The summed E-state index contributed by atoms with van der Waals surface area (Å²) in [6.07, 6.45) is 1.06. The standard InChI is InChI=1S/C22H22N2O6S/c1-4-16(21(26)27)30-17-10-5-13(11-18(17)29-3)12-19-20(25)24-22(31-19)23-14-6-8-15(28-2)9-7-14/h5-12,16H,4H2,1-3H3,(H,26,27)(H,23,24,25)/b19-12+. The van der Waals surface area contributed by atoms with Crippen molar-refractivity contribution in [1.82, 2.24) is 5.32 Å². The van der Waals surface area contributed by atoms with Gasteiger partial charge in [0.2, 0.25) is 0 Å². The van der Waals surface area contributed by atoms with Crippen LogP contribution < -0.4 is 19.5 Å². The zero-order valence-electron chi connectivity index (χ0n) is 17.2. The van der Waals surface area contributed by atoms with E-state index in [2.05, 4.69) is 10.3 Å². The maximum Gasteiger partial charge on any atom is 0.344 e. The maximum atomic E-state index is 12.3. The summed E-state index contributed by atoms with van der Waals surface area (Å²) in [5.41, 5.74) is 1.40. The molecule has 0 aliphatic carbocycles. The number of aliphatic imine (C=N–C) groups is 1. The molecule has 2 N–H and O–H groups in total. The fraction of sp³-hybridized carbons (Fsp3) is 0.227. The van der Waals surface area contributed by atoms with Gasteiger partial charge in [0, 0.05) is 0 Å². The molecule has 1 saturated heterocycles. The molecule has 1 amide bonds. The van der Waals surface area contributed by atoms with Crippen molar-refractivity contribution in [2.24, 2.45) is 4.99 Å². The number of hydrogen-bond donors (Lipinski definition) is 2. The minimum atomic E-state index is -1.04. The van der Waals surface area contributed by atoms with E-state index in [1.54, 1.807) is 62.6 Å². The van der Waals surface area contributed by atoms with E-state index in [-0.39, 0.29) is 5.91 Å². The summed E-state index contributed by atoms with van der Waals surface area (Å²) in [7, 11) is 3.06. The molecule has 0 radical (unpaired) electrons. The smallest absolute Gasteiger partial charge is 0.344 e. The van der Waals surface area contributed by atoms with Crippen molar-refractivity contribution in [3.05, 3.63) is 52.9 Å². The van der Waals surface area contributed by atoms with E-state index in [1.165, 1.54) is 18.9 Å². The van der Waals surface area contributed by atoms with Gasteiger partial charge in [-0.1, -0.05) is 13.0 Å². The molecule has 1 aliphatic rings. The van der Waals surface area contributed by atoms with Crippen LogP contribution in [0, 0.1) is 0 Å². The van der Waals surface area contributed by atoms with Crippen LogP contribution in [0.1, 0.15) is 18.9 Å². The monoisotopic (exact) mass is 442 g/mol. The minimum Gasteiger partial charge on any atom is -0.497 e. The molecule has 0 bridgehead atoms. The van der Waals surface area contributed by atoms with E-state index in [4.69, 9.17) is 14.2 Å². The van der Waals surface area contributed by atoms with Crippen LogP contribution in [0.5, 0.6) is 17.2 Å². The number of carboxylic acid groups (broad SMARTS) is 1. The van der Waals surface area contributed by atoms with Crippen molar-refractivity contribution in [2.45, 2.75) is 19.4 Å². The number of ether oxygens (including phenoxy) is 3. The molecular weight excluding hydrogens is 420 g/mol. The van der Waals surface area contributed by atoms with E-state index in [0.717, 1.165) is 5.75 Å². The number of hydrogen-bond acceptors (Lipinski definition) is 7. The first-order valence-electron chi connectivity index (χ1n) is 9.44. The fourth-order valence-corrected chi connectivity index (χ4v) is 3.58. The predicted molar refractivity (Wildman–Crippen MR) is 119 cm³/mol. The van der Waals surface area contributed by atoms with Crippen molar-refractivity contribution in [3.63, 3.8) is 0 Å². The molecule has 1 fully saturated rings. The third-order valence-electron chi connectivity index (χ3n) is 4.35. The van der Waals surface area contributed by atoms with Crippen molar-refractivity contribution in [1.29, 1.82) is 0 Å². The van der Waals surface area contributed by atoms with Crippen LogP contribution in [0.2, 0.25) is 0 Å². The predicted octanol–water partition coefficient (Wildman–Crippen LogP) is 3.84. The number of methoxy groups -OCH3 is 2. The molecule has 31 heavy (non-hydrogen) atoms. The summed E-state index contributed by atoms with van der Waals surface area (Å²) < 4.78 is 16.0. The Balaban J connectivity index is 1.78. The Hall–Kier alpha value is -3.46. The molecule has 162 valence electrons. The highest BCUT2D eigenvalue weighted by molar-refractivity contribution is 8.18. The number of thioether (sulfide) groups is 1. The van der Waals surface area contributed by atoms with Crippen LogP contribution in [0.15, 0.2) is 52.4 Å². The van der Waals surface area contributed by atoms with Crippen molar-refractivity contribution in [3.8, 4) is 17.2 Å². The third kappa shape index (κ3) is 5.58. The summed E-state index contributed by atoms with van der Waals surface area (Å²) in [5, 5.41) is 12.4. The van der Waals surface area contributed by atoms with E-state index in [9.17, 15) is 14.7 Å².